The van der Waals surface area contributed by atoms with E-state index < -0.39 is 0 Å². The van der Waals surface area contributed by atoms with Crippen molar-refractivity contribution in [3.05, 3.63) is 76.9 Å². The Morgan fingerprint density at radius 1 is 1.14 bits per heavy atom. The number of aromatic nitrogens is 1. The lowest BCUT2D eigenvalue weighted by molar-refractivity contribution is 0.0975. The molecule has 146 valence electrons. The number of pyridine rings is 1. The second-order valence-corrected chi connectivity index (χ2v) is 8.34. The number of carbonyl (C=O) groups is 2. The van der Waals surface area contributed by atoms with Crippen molar-refractivity contribution in [1.29, 1.82) is 0 Å². The van der Waals surface area contributed by atoms with E-state index in [1.165, 1.54) is 11.8 Å². The molecule has 0 saturated carbocycles. The number of nitrogens with one attached hydrogen (secondary N) is 1. The van der Waals surface area contributed by atoms with Gasteiger partial charge in [-0.1, -0.05) is 29.4 Å². The second kappa shape index (κ2) is 7.89. The van der Waals surface area contributed by atoms with Gasteiger partial charge in [0.15, 0.2) is 0 Å². The summed E-state index contributed by atoms with van der Waals surface area (Å²) < 4.78 is 0. The van der Waals surface area contributed by atoms with Crippen LogP contribution in [0.2, 0.25) is 5.02 Å². The van der Waals surface area contributed by atoms with Gasteiger partial charge in [0.05, 0.1) is 11.3 Å². The van der Waals surface area contributed by atoms with Gasteiger partial charge in [0, 0.05) is 33.4 Å². The predicted octanol–water partition coefficient (Wildman–Crippen LogP) is 5.51. The molecule has 0 spiro atoms. The Labute approximate surface area is 178 Å². The smallest absolute Gasteiger partial charge is 0.261 e. The van der Waals surface area contributed by atoms with Crippen LogP contribution in [0.3, 0.4) is 0 Å². The van der Waals surface area contributed by atoms with Crippen LogP contribution in [-0.2, 0) is 0 Å². The molecular formula is C22H18ClN3O2S. The highest BCUT2D eigenvalue weighted by atomic mass is 35.5. The number of nitrogens with zero attached hydrogens (tertiary/aromatic N) is 2. The lowest BCUT2D eigenvalue weighted by Crippen LogP contribution is -2.37. The molecule has 1 N–H and O–H groups in total. The maximum atomic E-state index is 13.1. The highest BCUT2D eigenvalue weighted by molar-refractivity contribution is 7.99. The Balaban J connectivity index is 1.72. The molecule has 0 bridgehead atoms. The molecule has 0 saturated heterocycles. The van der Waals surface area contributed by atoms with E-state index in [1.54, 1.807) is 53.6 Å². The molecule has 29 heavy (non-hydrogen) atoms. The molecule has 2 amide bonds. The molecule has 1 aliphatic rings. The average Bonchev–Trinajstić information content (AvgIpc) is 2.81. The van der Waals surface area contributed by atoms with Crippen molar-refractivity contribution in [2.75, 3.05) is 10.2 Å². The molecule has 2 aromatic carbocycles. The largest absolute Gasteiger partial charge is 0.322 e. The number of carbonyl (C=O) groups excluding carboxylic acids is 2. The third kappa shape index (κ3) is 3.86. The molecule has 5 nitrogen and oxygen atoms in total. The van der Waals surface area contributed by atoms with Gasteiger partial charge in [0.25, 0.3) is 11.8 Å². The summed E-state index contributed by atoms with van der Waals surface area (Å²) >= 11 is 7.41. The van der Waals surface area contributed by atoms with E-state index in [-0.39, 0.29) is 17.9 Å². The first kappa shape index (κ1) is 19.5. The second-order valence-electron chi connectivity index (χ2n) is 6.87. The maximum Gasteiger partial charge on any atom is 0.261 e. The number of rotatable bonds is 3. The van der Waals surface area contributed by atoms with Crippen LogP contribution in [0.5, 0.6) is 0 Å². The number of benzene rings is 2. The fraction of sp³-hybridized carbons (Fsp3) is 0.136. The van der Waals surface area contributed by atoms with Crippen LogP contribution in [0.1, 0.15) is 34.6 Å². The van der Waals surface area contributed by atoms with E-state index in [0.29, 0.717) is 26.9 Å². The van der Waals surface area contributed by atoms with Gasteiger partial charge in [-0.2, -0.15) is 0 Å². The summed E-state index contributed by atoms with van der Waals surface area (Å²) in [5.74, 6) is -0.327. The fourth-order valence-electron chi connectivity index (χ4n) is 3.20. The zero-order chi connectivity index (χ0) is 20.5. The number of anilines is 2. The molecule has 0 fully saturated rings. The standard InChI is InChI=1S/C22H18ClN3O2S/c1-13(2)26-18-9-8-16(25-20(27)14-5-3-6-15(23)11-14)12-19(18)29-21-17(22(26)28)7-4-10-24-21/h3-13H,1-2H3,(H,25,27). The van der Waals surface area contributed by atoms with Crippen LogP contribution >= 0.6 is 23.4 Å². The zero-order valence-electron chi connectivity index (χ0n) is 15.8. The minimum absolute atomic E-state index is 0.0279. The first-order valence-electron chi connectivity index (χ1n) is 9.11. The number of hydrogen-bond donors (Lipinski definition) is 1. The van der Waals surface area contributed by atoms with Crippen molar-refractivity contribution >= 4 is 46.6 Å². The minimum Gasteiger partial charge on any atom is -0.322 e. The molecule has 3 aromatic rings. The summed E-state index contributed by atoms with van der Waals surface area (Å²) in [6.45, 7) is 3.95. The summed E-state index contributed by atoms with van der Waals surface area (Å²) in [6.07, 6.45) is 1.68. The van der Waals surface area contributed by atoms with Crippen molar-refractivity contribution in [1.82, 2.24) is 4.98 Å². The van der Waals surface area contributed by atoms with E-state index in [1.807, 2.05) is 26.0 Å². The van der Waals surface area contributed by atoms with Crippen LogP contribution in [0.15, 0.2) is 70.7 Å². The van der Waals surface area contributed by atoms with E-state index >= 15 is 0 Å². The molecule has 0 aliphatic carbocycles. The number of fused-ring (bicyclic) bond motifs is 2. The quantitative estimate of drug-likeness (QED) is 0.603. The number of halogens is 1. The molecule has 1 aliphatic heterocycles. The lowest BCUT2D eigenvalue weighted by atomic mass is 10.1. The van der Waals surface area contributed by atoms with Crippen LogP contribution in [0.25, 0.3) is 0 Å². The molecule has 0 unspecified atom stereocenters. The van der Waals surface area contributed by atoms with Crippen molar-refractivity contribution < 1.29 is 9.59 Å². The Morgan fingerprint density at radius 2 is 1.97 bits per heavy atom. The summed E-state index contributed by atoms with van der Waals surface area (Å²) in [6, 6.07) is 15.8. The third-order valence-corrected chi connectivity index (χ3v) is 5.81. The fourth-order valence-corrected chi connectivity index (χ4v) is 4.43. The minimum atomic E-state index is -0.249. The van der Waals surface area contributed by atoms with Crippen LogP contribution in [0, 0.1) is 0 Å². The van der Waals surface area contributed by atoms with Crippen LogP contribution in [-0.4, -0.2) is 22.8 Å². The Morgan fingerprint density at radius 3 is 2.72 bits per heavy atom. The highest BCUT2D eigenvalue weighted by Crippen LogP contribution is 2.42. The average molecular weight is 424 g/mol. The first-order valence-corrected chi connectivity index (χ1v) is 10.3. The van der Waals surface area contributed by atoms with Crippen molar-refractivity contribution in [3.63, 3.8) is 0 Å². The Bertz CT molecular complexity index is 1120. The van der Waals surface area contributed by atoms with Gasteiger partial charge in [-0.05, 0) is 62.4 Å². The molecule has 2 heterocycles. The summed E-state index contributed by atoms with van der Waals surface area (Å²) in [5, 5.41) is 4.06. The normalized spacial score (nSPS) is 13.0. The van der Waals surface area contributed by atoms with Crippen LogP contribution in [0.4, 0.5) is 11.4 Å². The van der Waals surface area contributed by atoms with E-state index in [9.17, 15) is 9.59 Å². The molecule has 0 atom stereocenters. The van der Waals surface area contributed by atoms with Crippen LogP contribution < -0.4 is 10.2 Å². The molecule has 7 heteroatoms. The van der Waals surface area contributed by atoms with E-state index in [4.69, 9.17) is 11.6 Å². The number of hydrogen-bond acceptors (Lipinski definition) is 4. The van der Waals surface area contributed by atoms with Gasteiger partial charge in [-0.15, -0.1) is 0 Å². The molecule has 1 aromatic heterocycles. The maximum absolute atomic E-state index is 13.1. The zero-order valence-corrected chi connectivity index (χ0v) is 17.4. The molecular weight excluding hydrogens is 406 g/mol. The first-order chi connectivity index (χ1) is 13.9. The third-order valence-electron chi connectivity index (χ3n) is 4.51. The van der Waals surface area contributed by atoms with Gasteiger partial charge < -0.3 is 10.2 Å². The van der Waals surface area contributed by atoms with E-state index in [0.717, 1.165) is 10.6 Å². The molecule has 4 rings (SSSR count). The van der Waals surface area contributed by atoms with Gasteiger partial charge >= 0.3 is 0 Å². The monoisotopic (exact) mass is 423 g/mol. The van der Waals surface area contributed by atoms with Crippen molar-refractivity contribution in [3.8, 4) is 0 Å². The van der Waals surface area contributed by atoms with Gasteiger partial charge in [-0.25, -0.2) is 4.98 Å². The van der Waals surface area contributed by atoms with Gasteiger partial charge in [0.2, 0.25) is 0 Å². The molecule has 0 radical (unpaired) electrons. The van der Waals surface area contributed by atoms with Crippen molar-refractivity contribution in [2.24, 2.45) is 0 Å². The predicted molar refractivity (Wildman–Crippen MR) is 116 cm³/mol. The summed E-state index contributed by atoms with van der Waals surface area (Å²) in [7, 11) is 0. The highest BCUT2D eigenvalue weighted by Gasteiger charge is 2.30. The van der Waals surface area contributed by atoms with Crippen molar-refractivity contribution in [2.45, 2.75) is 29.8 Å². The Hall–Kier alpha value is -2.83. The lowest BCUT2D eigenvalue weighted by Gasteiger charge is -2.27. The summed E-state index contributed by atoms with van der Waals surface area (Å²) in [4.78, 5) is 32.7. The summed E-state index contributed by atoms with van der Waals surface area (Å²) in [5.41, 5.74) is 2.49. The Kier molecular flexibility index (Phi) is 5.30. The van der Waals surface area contributed by atoms with Gasteiger partial charge in [0.1, 0.15) is 5.03 Å². The topological polar surface area (TPSA) is 62.3 Å². The van der Waals surface area contributed by atoms with Gasteiger partial charge in [-0.3, -0.25) is 9.59 Å². The van der Waals surface area contributed by atoms with E-state index in [2.05, 4.69) is 10.3 Å². The SMILES string of the molecule is CC(C)N1C(=O)c2cccnc2Sc2cc(NC(=O)c3cccc(Cl)c3)ccc21. The number of amides is 2.